The third-order valence-corrected chi connectivity index (χ3v) is 5.64. The molecule has 160 valence electrons. The van der Waals surface area contributed by atoms with Crippen LogP contribution >= 0.6 is 0 Å². The lowest BCUT2D eigenvalue weighted by Crippen LogP contribution is -2.06. The van der Waals surface area contributed by atoms with E-state index in [1.165, 1.54) is 22.8 Å². The Kier molecular flexibility index (Phi) is 6.31. The smallest absolute Gasteiger partial charge is 0.335 e. The van der Waals surface area contributed by atoms with E-state index in [0.29, 0.717) is 5.75 Å². The van der Waals surface area contributed by atoms with E-state index in [1.807, 2.05) is 36.5 Å². The van der Waals surface area contributed by atoms with Gasteiger partial charge in [0.1, 0.15) is 5.75 Å². The second kappa shape index (κ2) is 9.48. The van der Waals surface area contributed by atoms with Gasteiger partial charge in [-0.05, 0) is 58.9 Å². The molecule has 0 aliphatic carbocycles. The molecule has 32 heavy (non-hydrogen) atoms. The molecule has 1 aromatic heterocycles. The summed E-state index contributed by atoms with van der Waals surface area (Å²) >= 11 is 0. The Labute approximate surface area is 188 Å². The molecule has 0 unspecified atom stereocenters. The molecule has 4 nitrogen and oxygen atoms in total. The number of ether oxygens (including phenoxy) is 1. The fourth-order valence-electron chi connectivity index (χ4n) is 4.13. The van der Waals surface area contributed by atoms with Gasteiger partial charge in [-0.1, -0.05) is 69.0 Å². The van der Waals surface area contributed by atoms with Crippen molar-refractivity contribution in [3.8, 4) is 5.75 Å². The quantitative estimate of drug-likeness (QED) is 0.158. The molecule has 0 saturated carbocycles. The van der Waals surface area contributed by atoms with Crippen molar-refractivity contribution in [2.45, 2.75) is 26.7 Å². The highest BCUT2D eigenvalue weighted by Crippen LogP contribution is 2.40. The van der Waals surface area contributed by atoms with Crippen LogP contribution in [0.1, 0.15) is 42.5 Å². The molecule has 0 radical (unpaired) electrons. The summed E-state index contributed by atoms with van der Waals surface area (Å²) in [5.74, 6) is 0.0358. The van der Waals surface area contributed by atoms with Crippen LogP contribution in [0.3, 0.4) is 0 Å². The number of nitrogens with one attached hydrogen (secondary N) is 1. The number of nitrogens with zero attached hydrogens (tertiary/aromatic N) is 1. The number of hydrogen-bond acceptors (Lipinski definition) is 3. The van der Waals surface area contributed by atoms with Crippen LogP contribution in [0.4, 0.5) is 0 Å². The van der Waals surface area contributed by atoms with E-state index < -0.39 is 5.97 Å². The van der Waals surface area contributed by atoms with Crippen LogP contribution in [0.5, 0.6) is 5.75 Å². The lowest BCUT2D eigenvalue weighted by Gasteiger charge is -2.20. The van der Waals surface area contributed by atoms with E-state index in [0.717, 1.165) is 40.4 Å². The number of aromatic nitrogens is 2. The normalized spacial score (nSPS) is 11.8. The number of aromatic amines is 1. The maximum atomic E-state index is 12.1. The Balaban J connectivity index is 2.05. The summed E-state index contributed by atoms with van der Waals surface area (Å²) in [6.45, 7) is 7.88. The maximum Gasteiger partial charge on any atom is 0.335 e. The fraction of sp³-hybridized carbons (Fsp3) is 0.143. The SMILES string of the molecule is C=CC(=O)Oc1ccccc1/C(=C(\CC)c1ccccc1CC)c1ccc2[nH]ncc2c1. The van der Waals surface area contributed by atoms with Crippen LogP contribution in [0.2, 0.25) is 0 Å². The number of rotatable bonds is 7. The highest BCUT2D eigenvalue weighted by molar-refractivity contribution is 6.02. The van der Waals surface area contributed by atoms with Crippen LogP contribution in [-0.4, -0.2) is 16.2 Å². The van der Waals surface area contributed by atoms with E-state index in [-0.39, 0.29) is 0 Å². The van der Waals surface area contributed by atoms with Gasteiger partial charge < -0.3 is 4.74 Å². The lowest BCUT2D eigenvalue weighted by molar-refractivity contribution is -0.128. The average Bonchev–Trinajstić information content (AvgIpc) is 3.31. The Hall–Kier alpha value is -3.92. The topological polar surface area (TPSA) is 55.0 Å². The number of para-hydroxylation sites is 1. The first-order valence-electron chi connectivity index (χ1n) is 10.8. The monoisotopic (exact) mass is 422 g/mol. The van der Waals surface area contributed by atoms with E-state index >= 15 is 0 Å². The van der Waals surface area contributed by atoms with Crippen LogP contribution in [0.15, 0.2) is 85.6 Å². The molecule has 0 saturated heterocycles. The Morgan fingerprint density at radius 2 is 1.78 bits per heavy atom. The fourth-order valence-corrected chi connectivity index (χ4v) is 4.13. The van der Waals surface area contributed by atoms with E-state index in [2.05, 4.69) is 67.0 Å². The number of carbonyl (C=O) groups is 1. The number of allylic oxidation sites excluding steroid dienone is 1. The minimum Gasteiger partial charge on any atom is -0.423 e. The molecule has 0 amide bonds. The van der Waals surface area contributed by atoms with Crippen molar-refractivity contribution in [1.82, 2.24) is 10.2 Å². The highest BCUT2D eigenvalue weighted by Gasteiger charge is 2.19. The van der Waals surface area contributed by atoms with Crippen LogP contribution in [0, 0.1) is 0 Å². The van der Waals surface area contributed by atoms with Crippen molar-refractivity contribution in [1.29, 1.82) is 0 Å². The summed E-state index contributed by atoms with van der Waals surface area (Å²) < 4.78 is 5.65. The molecule has 3 aromatic carbocycles. The van der Waals surface area contributed by atoms with Crippen molar-refractivity contribution in [2.24, 2.45) is 0 Å². The number of hydrogen-bond donors (Lipinski definition) is 1. The summed E-state index contributed by atoms with van der Waals surface area (Å²) in [5.41, 5.74) is 7.64. The molecule has 0 bridgehead atoms. The third kappa shape index (κ3) is 4.12. The van der Waals surface area contributed by atoms with Crippen molar-refractivity contribution < 1.29 is 9.53 Å². The van der Waals surface area contributed by atoms with Crippen LogP contribution in [-0.2, 0) is 11.2 Å². The highest BCUT2D eigenvalue weighted by atomic mass is 16.5. The number of benzene rings is 3. The van der Waals surface area contributed by atoms with Gasteiger partial charge in [0.25, 0.3) is 0 Å². The minimum absolute atomic E-state index is 0.478. The summed E-state index contributed by atoms with van der Waals surface area (Å²) in [7, 11) is 0. The average molecular weight is 423 g/mol. The van der Waals surface area contributed by atoms with Gasteiger partial charge in [-0.2, -0.15) is 5.10 Å². The van der Waals surface area contributed by atoms with Crippen LogP contribution in [0.25, 0.3) is 22.0 Å². The zero-order valence-corrected chi connectivity index (χ0v) is 18.4. The summed E-state index contributed by atoms with van der Waals surface area (Å²) in [6.07, 6.45) is 4.76. The number of H-pyrrole nitrogens is 1. The molecule has 0 atom stereocenters. The molecular weight excluding hydrogens is 396 g/mol. The van der Waals surface area contributed by atoms with Gasteiger partial charge >= 0.3 is 5.97 Å². The van der Waals surface area contributed by atoms with Crippen molar-refractivity contribution in [3.05, 3.63) is 108 Å². The number of aryl methyl sites for hydroxylation is 1. The van der Waals surface area contributed by atoms with Gasteiger partial charge in [-0.25, -0.2) is 4.79 Å². The number of fused-ring (bicyclic) bond motifs is 1. The lowest BCUT2D eigenvalue weighted by atomic mass is 9.85. The Morgan fingerprint density at radius 1 is 1.03 bits per heavy atom. The predicted molar refractivity (Wildman–Crippen MR) is 130 cm³/mol. The van der Waals surface area contributed by atoms with E-state index in [9.17, 15) is 4.79 Å². The largest absolute Gasteiger partial charge is 0.423 e. The Bertz CT molecular complexity index is 1310. The van der Waals surface area contributed by atoms with Gasteiger partial charge in [0.05, 0.1) is 11.7 Å². The number of esters is 1. The Morgan fingerprint density at radius 3 is 2.53 bits per heavy atom. The van der Waals surface area contributed by atoms with Gasteiger partial charge in [0.2, 0.25) is 0 Å². The first kappa shape index (κ1) is 21.3. The molecule has 0 aliphatic heterocycles. The second-order valence-corrected chi connectivity index (χ2v) is 7.51. The zero-order chi connectivity index (χ0) is 22.5. The van der Waals surface area contributed by atoms with E-state index in [1.54, 1.807) is 0 Å². The van der Waals surface area contributed by atoms with Gasteiger partial charge in [0, 0.05) is 17.0 Å². The van der Waals surface area contributed by atoms with E-state index in [4.69, 9.17) is 4.74 Å². The molecule has 4 heteroatoms. The molecular formula is C28H26N2O2. The van der Waals surface area contributed by atoms with Crippen molar-refractivity contribution >= 4 is 28.0 Å². The molecule has 4 rings (SSSR count). The first-order valence-corrected chi connectivity index (χ1v) is 10.8. The van der Waals surface area contributed by atoms with Crippen LogP contribution < -0.4 is 4.74 Å². The standard InChI is InChI=1S/C28H26N2O2/c1-4-19-11-7-8-12-23(19)22(5-2)28(20-15-16-25-21(17-20)18-29-30-25)24-13-9-10-14-26(24)32-27(31)6-3/h6-18H,3-5H2,1-2H3,(H,29,30)/b28-22+. The third-order valence-electron chi connectivity index (χ3n) is 5.64. The predicted octanol–water partition coefficient (Wildman–Crippen LogP) is 6.59. The number of carbonyl (C=O) groups excluding carboxylic acids is 1. The summed E-state index contributed by atoms with van der Waals surface area (Å²) in [4.78, 5) is 12.1. The zero-order valence-electron chi connectivity index (χ0n) is 18.4. The van der Waals surface area contributed by atoms with Gasteiger partial charge in [-0.15, -0.1) is 0 Å². The van der Waals surface area contributed by atoms with Gasteiger partial charge in [0.15, 0.2) is 0 Å². The molecule has 4 aromatic rings. The maximum absolute atomic E-state index is 12.1. The van der Waals surface area contributed by atoms with Crippen molar-refractivity contribution in [2.75, 3.05) is 0 Å². The summed E-state index contributed by atoms with van der Waals surface area (Å²) in [6, 6.07) is 22.4. The summed E-state index contributed by atoms with van der Waals surface area (Å²) in [5, 5.41) is 8.22. The molecule has 0 aliphatic rings. The molecule has 0 spiro atoms. The molecule has 0 fully saturated rings. The van der Waals surface area contributed by atoms with Crippen molar-refractivity contribution in [3.63, 3.8) is 0 Å². The van der Waals surface area contributed by atoms with Gasteiger partial charge in [-0.3, -0.25) is 5.10 Å². The molecule has 1 N–H and O–H groups in total. The second-order valence-electron chi connectivity index (χ2n) is 7.51. The first-order chi connectivity index (χ1) is 15.7. The molecule has 1 heterocycles. The minimum atomic E-state index is -0.478.